The molecule has 0 amide bonds. The van der Waals surface area contributed by atoms with Gasteiger partial charge in [-0.2, -0.15) is 0 Å². The van der Waals surface area contributed by atoms with Crippen LogP contribution in [-0.2, 0) is 17.7 Å². The lowest BCUT2D eigenvalue weighted by Gasteiger charge is -2.42. The first-order valence-electron chi connectivity index (χ1n) is 10.7. The maximum Gasteiger partial charge on any atom is 0.123 e. The van der Waals surface area contributed by atoms with E-state index in [-0.39, 0.29) is 6.04 Å². The van der Waals surface area contributed by atoms with E-state index in [1.807, 2.05) is 7.05 Å². The number of likely N-dealkylation sites (N-methyl/N-ethyl adjacent to an activating group) is 1. The van der Waals surface area contributed by atoms with Gasteiger partial charge in [0, 0.05) is 54.1 Å². The van der Waals surface area contributed by atoms with Gasteiger partial charge in [-0.25, -0.2) is 4.72 Å². The second-order valence-electron chi connectivity index (χ2n) is 8.27. The second-order valence-corrected chi connectivity index (χ2v) is 9.02. The minimum absolute atomic E-state index is 0.288. The highest BCUT2D eigenvalue weighted by atomic mass is 32.2. The van der Waals surface area contributed by atoms with E-state index in [9.17, 15) is 8.76 Å². The zero-order chi connectivity index (χ0) is 20.9. The maximum atomic E-state index is 10.5. The summed E-state index contributed by atoms with van der Waals surface area (Å²) in [6.07, 6.45) is 2.92. The number of rotatable bonds is 9. The molecule has 3 unspecified atom stereocenters. The van der Waals surface area contributed by atoms with Crippen molar-refractivity contribution in [3.8, 4) is 5.75 Å². The van der Waals surface area contributed by atoms with Gasteiger partial charge in [-0.3, -0.25) is 4.21 Å². The van der Waals surface area contributed by atoms with Gasteiger partial charge in [0.25, 0.3) is 0 Å². The lowest BCUT2D eigenvalue weighted by molar-refractivity contribution is 0.219. The van der Waals surface area contributed by atoms with E-state index in [0.29, 0.717) is 25.0 Å². The molecule has 2 aliphatic rings. The van der Waals surface area contributed by atoms with E-state index in [2.05, 4.69) is 63.5 Å². The predicted octanol–water partition coefficient (Wildman–Crippen LogP) is 2.59. The van der Waals surface area contributed by atoms with E-state index in [0.717, 1.165) is 38.1 Å². The number of ether oxygens (including phenoxy) is 1. The number of hydrogen-bond acceptors (Lipinski definition) is 5. The summed E-state index contributed by atoms with van der Waals surface area (Å²) in [4.78, 5) is 2.41. The van der Waals surface area contributed by atoms with Crippen LogP contribution >= 0.6 is 0 Å². The Hall–Kier alpha value is -1.93. The Morgan fingerprint density at radius 1 is 1.20 bits per heavy atom. The molecule has 0 spiro atoms. The van der Waals surface area contributed by atoms with E-state index >= 15 is 0 Å². The molecule has 0 radical (unpaired) electrons. The van der Waals surface area contributed by atoms with Crippen molar-refractivity contribution in [2.75, 3.05) is 38.2 Å². The fourth-order valence-electron chi connectivity index (χ4n) is 4.58. The first-order valence-corrected chi connectivity index (χ1v) is 11.8. The maximum absolute atomic E-state index is 10.5. The predicted molar refractivity (Wildman–Crippen MR) is 120 cm³/mol. The van der Waals surface area contributed by atoms with Gasteiger partial charge in [0.15, 0.2) is 0 Å². The van der Waals surface area contributed by atoms with Crippen LogP contribution in [0.1, 0.15) is 29.9 Å². The van der Waals surface area contributed by atoms with Crippen LogP contribution in [0.25, 0.3) is 0 Å². The minimum Gasteiger partial charge on any atom is -0.760 e. The Labute approximate surface area is 181 Å². The third-order valence-electron chi connectivity index (χ3n) is 6.30. The molecule has 3 atom stereocenters. The highest BCUT2D eigenvalue weighted by Crippen LogP contribution is 2.39. The van der Waals surface area contributed by atoms with E-state index < -0.39 is 11.3 Å². The zero-order valence-electron chi connectivity index (χ0n) is 17.4. The molecule has 2 N–H and O–H groups in total. The molecule has 0 bridgehead atoms. The molecular formula is C23H30N3O3S-. The number of benzene rings is 2. The van der Waals surface area contributed by atoms with Gasteiger partial charge in [-0.15, -0.1) is 0 Å². The second kappa shape index (κ2) is 9.92. The molecule has 162 valence electrons. The van der Waals surface area contributed by atoms with Crippen molar-refractivity contribution in [1.82, 2.24) is 10.0 Å². The molecule has 0 aromatic heterocycles. The standard InChI is InChI=1S/C23H31N3O3S/c1-24-22-16-29-23-10-9-19(26-14-18(15-26)8-5-11-25-30(27)28)13-21(23)20(22)12-17-6-3-2-4-7-17/h2-4,6-7,9-10,13,18,20,22,24-25H,5,8,11-12,14-16H2,1H3,(H,27,28)/p-1. The van der Waals surface area contributed by atoms with E-state index in [4.69, 9.17) is 4.74 Å². The normalized spacial score (nSPS) is 22.1. The van der Waals surface area contributed by atoms with Crippen molar-refractivity contribution in [3.05, 3.63) is 59.7 Å². The van der Waals surface area contributed by atoms with Crippen molar-refractivity contribution >= 4 is 17.0 Å². The summed E-state index contributed by atoms with van der Waals surface area (Å²) in [5, 5.41) is 3.45. The molecule has 0 aliphatic carbocycles. The number of nitrogens with one attached hydrogen (secondary N) is 2. The van der Waals surface area contributed by atoms with Crippen LogP contribution in [0.5, 0.6) is 5.75 Å². The first-order chi connectivity index (χ1) is 14.6. The fourth-order valence-corrected chi connectivity index (χ4v) is 4.89. The van der Waals surface area contributed by atoms with E-state index in [1.165, 1.54) is 16.8 Å². The highest BCUT2D eigenvalue weighted by molar-refractivity contribution is 7.77. The molecule has 30 heavy (non-hydrogen) atoms. The fraction of sp³-hybridized carbons (Fsp3) is 0.478. The molecule has 2 aliphatic heterocycles. The zero-order valence-corrected chi connectivity index (χ0v) is 18.2. The van der Waals surface area contributed by atoms with Gasteiger partial charge in [-0.1, -0.05) is 30.3 Å². The van der Waals surface area contributed by atoms with Crippen LogP contribution in [0, 0.1) is 5.92 Å². The van der Waals surface area contributed by atoms with Crippen LogP contribution in [0.3, 0.4) is 0 Å². The van der Waals surface area contributed by atoms with Gasteiger partial charge in [0.05, 0.1) is 0 Å². The van der Waals surface area contributed by atoms with Crippen LogP contribution in [0.4, 0.5) is 5.69 Å². The quantitative estimate of drug-likeness (QED) is 0.474. The molecule has 1 saturated heterocycles. The van der Waals surface area contributed by atoms with E-state index in [1.54, 1.807) is 0 Å². The molecule has 6 nitrogen and oxygen atoms in total. The van der Waals surface area contributed by atoms with Gasteiger partial charge < -0.3 is 19.5 Å². The topological polar surface area (TPSA) is 76.7 Å². The van der Waals surface area contributed by atoms with Crippen molar-refractivity contribution in [2.24, 2.45) is 5.92 Å². The minimum atomic E-state index is -2.15. The summed E-state index contributed by atoms with van der Waals surface area (Å²) < 4.78 is 29.6. The summed E-state index contributed by atoms with van der Waals surface area (Å²) >= 11 is -2.15. The Kier molecular flexibility index (Phi) is 7.04. The van der Waals surface area contributed by atoms with Crippen molar-refractivity contribution in [1.29, 1.82) is 0 Å². The SMILES string of the molecule is CNC1COc2ccc(N3CC(CCCNS(=O)[O-])C3)cc2C1Cc1ccccc1. The van der Waals surface area contributed by atoms with Crippen molar-refractivity contribution in [2.45, 2.75) is 31.2 Å². The number of hydrogen-bond donors (Lipinski definition) is 2. The summed E-state index contributed by atoms with van der Waals surface area (Å²) in [5.41, 5.74) is 3.88. The molecule has 7 heteroatoms. The van der Waals surface area contributed by atoms with Crippen LogP contribution in [0.2, 0.25) is 0 Å². The van der Waals surface area contributed by atoms with Crippen molar-refractivity contribution in [3.63, 3.8) is 0 Å². The highest BCUT2D eigenvalue weighted by Gasteiger charge is 2.32. The lowest BCUT2D eigenvalue weighted by Crippen LogP contribution is -2.47. The summed E-state index contributed by atoms with van der Waals surface area (Å²) in [6.45, 7) is 3.27. The Morgan fingerprint density at radius 3 is 2.73 bits per heavy atom. The Balaban J connectivity index is 1.42. The molecule has 1 fully saturated rings. The van der Waals surface area contributed by atoms with Gasteiger partial charge in [-0.05, 0) is 56.0 Å². The number of nitrogens with zero attached hydrogens (tertiary/aromatic N) is 1. The summed E-state index contributed by atoms with van der Waals surface area (Å²) in [6, 6.07) is 17.5. The molecule has 4 rings (SSSR count). The van der Waals surface area contributed by atoms with Gasteiger partial charge in [0.2, 0.25) is 0 Å². The summed E-state index contributed by atoms with van der Waals surface area (Å²) in [7, 11) is 2.01. The number of fused-ring (bicyclic) bond motifs is 1. The Bertz CT molecular complexity index is 858. The number of anilines is 1. The monoisotopic (exact) mass is 428 g/mol. The van der Waals surface area contributed by atoms with Crippen LogP contribution in [0.15, 0.2) is 48.5 Å². The first kappa shape index (κ1) is 21.3. The molecule has 0 saturated carbocycles. The van der Waals surface area contributed by atoms with Gasteiger partial charge in [0.1, 0.15) is 12.4 Å². The lowest BCUT2D eigenvalue weighted by atomic mass is 9.83. The third kappa shape index (κ3) is 5.03. The molecule has 2 aromatic rings. The molecular weight excluding hydrogens is 398 g/mol. The smallest absolute Gasteiger partial charge is 0.123 e. The largest absolute Gasteiger partial charge is 0.760 e. The molecule has 2 aromatic carbocycles. The average molecular weight is 429 g/mol. The molecule has 2 heterocycles. The van der Waals surface area contributed by atoms with Gasteiger partial charge >= 0.3 is 0 Å². The summed E-state index contributed by atoms with van der Waals surface area (Å²) in [5.74, 6) is 2.00. The van der Waals surface area contributed by atoms with Crippen molar-refractivity contribution < 1.29 is 13.5 Å². The van der Waals surface area contributed by atoms with Crippen LogP contribution < -0.4 is 19.7 Å². The third-order valence-corrected chi connectivity index (χ3v) is 6.74. The van der Waals surface area contributed by atoms with Crippen LogP contribution in [-0.4, -0.2) is 48.1 Å². The Morgan fingerprint density at radius 2 is 2.00 bits per heavy atom. The average Bonchev–Trinajstić information content (AvgIpc) is 2.73.